The van der Waals surface area contributed by atoms with Crippen LogP contribution in [-0.2, 0) is 4.74 Å². The molecule has 3 aromatic rings. The summed E-state index contributed by atoms with van der Waals surface area (Å²) in [5.74, 6) is -0.0570. The van der Waals surface area contributed by atoms with Gasteiger partial charge in [-0.15, -0.1) is 0 Å². The Morgan fingerprint density at radius 2 is 1.56 bits per heavy atom. The number of piperazine rings is 1. The molecule has 1 aliphatic heterocycles. The Morgan fingerprint density at radius 3 is 2.12 bits per heavy atom. The van der Waals surface area contributed by atoms with Gasteiger partial charge in [-0.2, -0.15) is 5.26 Å². The van der Waals surface area contributed by atoms with Crippen molar-refractivity contribution < 1.29 is 9.53 Å². The first-order valence-electron chi connectivity index (χ1n) is 12.0. The minimum Gasteiger partial charge on any atom is -0.462 e. The first-order chi connectivity index (χ1) is 16.7. The molecule has 5 heteroatoms. The van der Waals surface area contributed by atoms with Gasteiger partial charge in [0.1, 0.15) is 6.07 Å². The second-order valence-corrected chi connectivity index (χ2v) is 8.55. The number of rotatable bonds is 8. The highest BCUT2D eigenvalue weighted by molar-refractivity contribution is 5.93. The molecule has 174 valence electrons. The monoisotopic (exact) mass is 453 g/mol. The van der Waals surface area contributed by atoms with Gasteiger partial charge in [0.25, 0.3) is 0 Å². The van der Waals surface area contributed by atoms with E-state index in [0.29, 0.717) is 23.7 Å². The number of ether oxygens (including phenoxy) is 1. The fourth-order valence-electron chi connectivity index (χ4n) is 4.64. The molecule has 0 aromatic heterocycles. The molecule has 0 saturated carbocycles. The fraction of sp³-hybridized carbons (Fsp3) is 0.310. The zero-order valence-electron chi connectivity index (χ0n) is 19.7. The average Bonchev–Trinajstić information content (AvgIpc) is 2.90. The molecule has 0 amide bonds. The van der Waals surface area contributed by atoms with Crippen molar-refractivity contribution in [3.8, 4) is 6.07 Å². The van der Waals surface area contributed by atoms with E-state index in [1.54, 1.807) is 19.1 Å². The van der Waals surface area contributed by atoms with Crippen LogP contribution >= 0.6 is 0 Å². The summed E-state index contributed by atoms with van der Waals surface area (Å²) in [4.78, 5) is 17.1. The lowest BCUT2D eigenvalue weighted by atomic mass is 9.88. The van der Waals surface area contributed by atoms with E-state index in [1.165, 1.54) is 11.1 Å². The Balaban J connectivity index is 1.39. The number of esters is 1. The normalized spacial score (nSPS) is 14.1. The van der Waals surface area contributed by atoms with Gasteiger partial charge in [0.2, 0.25) is 0 Å². The smallest absolute Gasteiger partial charge is 0.339 e. The number of nitriles is 1. The summed E-state index contributed by atoms with van der Waals surface area (Å²) in [6.45, 7) is 6.79. The highest BCUT2D eigenvalue weighted by Gasteiger charge is 2.22. The third kappa shape index (κ3) is 5.65. The minimum absolute atomic E-state index is 0.291. The van der Waals surface area contributed by atoms with Crippen LogP contribution in [0.5, 0.6) is 0 Å². The molecule has 1 fully saturated rings. The zero-order chi connectivity index (χ0) is 23.8. The van der Waals surface area contributed by atoms with Gasteiger partial charge in [0.05, 0.1) is 17.7 Å². The number of carbonyl (C=O) groups excluding carboxylic acids is 1. The lowest BCUT2D eigenvalue weighted by Gasteiger charge is -2.37. The van der Waals surface area contributed by atoms with Crippen molar-refractivity contribution in [3.63, 3.8) is 0 Å². The third-order valence-electron chi connectivity index (χ3n) is 6.49. The van der Waals surface area contributed by atoms with E-state index in [1.807, 2.05) is 6.07 Å². The summed E-state index contributed by atoms with van der Waals surface area (Å²) in [6.07, 6.45) is 1.07. The van der Waals surface area contributed by atoms with Crippen LogP contribution in [0, 0.1) is 11.3 Å². The van der Waals surface area contributed by atoms with Crippen LogP contribution in [0.2, 0.25) is 0 Å². The van der Waals surface area contributed by atoms with Gasteiger partial charge >= 0.3 is 5.97 Å². The van der Waals surface area contributed by atoms with Crippen molar-refractivity contribution in [2.75, 3.05) is 44.2 Å². The molecular weight excluding hydrogens is 422 g/mol. The lowest BCUT2D eigenvalue weighted by Crippen LogP contribution is -2.46. The molecule has 0 aliphatic carbocycles. The van der Waals surface area contributed by atoms with Gasteiger partial charge in [-0.05, 0) is 49.2 Å². The summed E-state index contributed by atoms with van der Waals surface area (Å²) in [7, 11) is 0. The van der Waals surface area contributed by atoms with E-state index in [2.05, 4.69) is 76.5 Å². The zero-order valence-corrected chi connectivity index (χ0v) is 19.7. The van der Waals surface area contributed by atoms with Crippen LogP contribution in [-0.4, -0.2) is 50.2 Å². The molecule has 4 rings (SSSR count). The molecule has 1 heterocycles. The van der Waals surface area contributed by atoms with Crippen molar-refractivity contribution in [2.24, 2.45) is 0 Å². The fourth-order valence-corrected chi connectivity index (χ4v) is 4.64. The maximum Gasteiger partial charge on any atom is 0.339 e. The molecule has 0 unspecified atom stereocenters. The van der Waals surface area contributed by atoms with Crippen molar-refractivity contribution >= 4 is 11.7 Å². The van der Waals surface area contributed by atoms with Crippen LogP contribution < -0.4 is 4.90 Å². The van der Waals surface area contributed by atoms with E-state index in [9.17, 15) is 10.1 Å². The minimum atomic E-state index is -0.438. The van der Waals surface area contributed by atoms with E-state index < -0.39 is 5.97 Å². The van der Waals surface area contributed by atoms with Gasteiger partial charge in [-0.25, -0.2) is 4.79 Å². The predicted molar refractivity (Wildman–Crippen MR) is 135 cm³/mol. The summed E-state index contributed by atoms with van der Waals surface area (Å²) in [6, 6.07) is 29.1. The second kappa shape index (κ2) is 11.5. The highest BCUT2D eigenvalue weighted by atomic mass is 16.5. The molecule has 0 radical (unpaired) electrons. The summed E-state index contributed by atoms with van der Waals surface area (Å²) < 4.78 is 5.14. The maximum atomic E-state index is 12.3. The van der Waals surface area contributed by atoms with E-state index in [4.69, 9.17) is 4.74 Å². The summed E-state index contributed by atoms with van der Waals surface area (Å²) in [5, 5.41) is 9.36. The predicted octanol–water partition coefficient (Wildman–Crippen LogP) is 5.08. The van der Waals surface area contributed by atoms with Crippen LogP contribution in [0.15, 0.2) is 78.9 Å². The quantitative estimate of drug-likeness (QED) is 0.445. The Labute approximate surface area is 202 Å². The summed E-state index contributed by atoms with van der Waals surface area (Å²) in [5.41, 5.74) is 4.38. The first-order valence-corrected chi connectivity index (χ1v) is 12.0. The van der Waals surface area contributed by atoms with E-state index in [0.717, 1.165) is 44.8 Å². The number of nitrogens with zero attached hydrogens (tertiary/aromatic N) is 3. The average molecular weight is 454 g/mol. The van der Waals surface area contributed by atoms with Crippen LogP contribution in [0.4, 0.5) is 5.69 Å². The first kappa shape index (κ1) is 23.5. The molecule has 5 nitrogen and oxygen atoms in total. The highest BCUT2D eigenvalue weighted by Crippen LogP contribution is 2.28. The van der Waals surface area contributed by atoms with Crippen molar-refractivity contribution in [1.29, 1.82) is 5.26 Å². The number of carbonyl (C=O) groups is 1. The van der Waals surface area contributed by atoms with Crippen LogP contribution in [0.3, 0.4) is 0 Å². The van der Waals surface area contributed by atoms with Crippen LogP contribution in [0.25, 0.3) is 0 Å². The number of benzene rings is 3. The Bertz CT molecular complexity index is 1080. The van der Waals surface area contributed by atoms with Crippen LogP contribution in [0.1, 0.15) is 46.3 Å². The van der Waals surface area contributed by atoms with E-state index >= 15 is 0 Å². The van der Waals surface area contributed by atoms with Crippen molar-refractivity contribution in [1.82, 2.24) is 4.90 Å². The maximum absolute atomic E-state index is 12.3. The molecular formula is C29H31N3O2. The largest absolute Gasteiger partial charge is 0.462 e. The SMILES string of the molecule is CCOC(=O)c1cc(N2CCN(CCC(c3ccccc3)c3ccccc3)CC2)ccc1C#N. The topological polar surface area (TPSA) is 56.6 Å². The molecule has 0 spiro atoms. The number of hydrogen-bond acceptors (Lipinski definition) is 5. The Hall–Kier alpha value is -3.62. The van der Waals surface area contributed by atoms with Gasteiger partial charge in [-0.1, -0.05) is 60.7 Å². The summed E-state index contributed by atoms with van der Waals surface area (Å²) >= 11 is 0. The molecule has 3 aromatic carbocycles. The Kier molecular flexibility index (Phi) is 7.95. The van der Waals surface area contributed by atoms with Gasteiger partial charge < -0.3 is 9.64 Å². The van der Waals surface area contributed by atoms with Gasteiger partial charge in [0, 0.05) is 37.8 Å². The van der Waals surface area contributed by atoms with Gasteiger partial charge in [-0.3, -0.25) is 4.90 Å². The lowest BCUT2D eigenvalue weighted by molar-refractivity contribution is 0.0526. The number of hydrogen-bond donors (Lipinski definition) is 0. The third-order valence-corrected chi connectivity index (χ3v) is 6.49. The molecule has 1 saturated heterocycles. The molecule has 0 bridgehead atoms. The van der Waals surface area contributed by atoms with Crippen molar-refractivity contribution in [3.05, 3.63) is 101 Å². The van der Waals surface area contributed by atoms with E-state index in [-0.39, 0.29) is 0 Å². The van der Waals surface area contributed by atoms with Crippen molar-refractivity contribution in [2.45, 2.75) is 19.3 Å². The number of anilines is 1. The molecule has 34 heavy (non-hydrogen) atoms. The molecule has 1 aliphatic rings. The molecule has 0 N–H and O–H groups in total. The Morgan fingerprint density at radius 1 is 0.941 bits per heavy atom. The standard InChI is InChI=1S/C29H31N3O2/c1-2-34-29(33)28-21-26(14-13-25(28)22-30)32-19-17-31(18-20-32)16-15-27(23-9-5-3-6-10-23)24-11-7-4-8-12-24/h3-14,21,27H,2,15-20H2,1H3. The molecule has 0 atom stereocenters. The van der Waals surface area contributed by atoms with Gasteiger partial charge in [0.15, 0.2) is 0 Å². The second-order valence-electron chi connectivity index (χ2n) is 8.55.